The van der Waals surface area contributed by atoms with Crippen LogP contribution in [0.15, 0.2) is 27.1 Å². The van der Waals surface area contributed by atoms with Crippen molar-refractivity contribution in [3.8, 4) is 0 Å². The fourth-order valence-corrected chi connectivity index (χ4v) is 1.69. The average Bonchev–Trinajstić information content (AvgIpc) is 2.71. The van der Waals surface area contributed by atoms with Crippen LogP contribution in [-0.2, 0) is 0 Å². The summed E-state index contributed by atoms with van der Waals surface area (Å²) in [6.07, 6.45) is 0. The lowest BCUT2D eigenvalue weighted by atomic mass is 10.3. The summed E-state index contributed by atoms with van der Waals surface area (Å²) < 4.78 is 18.7. The Hall–Kier alpha value is -1.14. The van der Waals surface area contributed by atoms with Gasteiger partial charge in [-0.3, -0.25) is 0 Å². The molecule has 0 aliphatic heterocycles. The second-order valence-electron chi connectivity index (χ2n) is 3.31. The number of nitrogens with zero attached hydrogens (tertiary/aromatic N) is 2. The summed E-state index contributed by atoms with van der Waals surface area (Å²) in [5.41, 5.74) is 0.629. The number of hydrogen-bond donors (Lipinski definition) is 1. The largest absolute Gasteiger partial charge is 0.406 e. The Kier molecular flexibility index (Phi) is 3.63. The number of benzene rings is 1. The lowest BCUT2D eigenvalue weighted by Crippen LogP contribution is -1.92. The molecule has 1 heterocycles. The molecule has 0 radical (unpaired) electrons. The van der Waals surface area contributed by atoms with Gasteiger partial charge in [0.25, 0.3) is 0 Å². The SMILES string of the molecule is CC(Cl)c1nnc(Nc2ccc(F)cc2Br)o1. The molecule has 0 aliphatic carbocycles. The highest BCUT2D eigenvalue weighted by atomic mass is 79.9. The standard InChI is InChI=1S/C10H8BrClFN3O/c1-5(12)9-15-16-10(17-9)14-8-3-2-6(13)4-7(8)11/h2-5H,1H3,(H,14,16). The molecule has 0 saturated carbocycles. The number of rotatable bonds is 3. The van der Waals surface area contributed by atoms with E-state index in [2.05, 4.69) is 31.4 Å². The molecule has 7 heteroatoms. The fourth-order valence-electron chi connectivity index (χ4n) is 1.15. The molecule has 2 rings (SSSR count). The molecule has 2 aromatic rings. The molecule has 1 atom stereocenters. The van der Waals surface area contributed by atoms with Gasteiger partial charge in [0.1, 0.15) is 11.2 Å². The first kappa shape index (κ1) is 12.3. The van der Waals surface area contributed by atoms with E-state index in [1.165, 1.54) is 12.1 Å². The summed E-state index contributed by atoms with van der Waals surface area (Å²) in [5.74, 6) is -0.00424. The zero-order chi connectivity index (χ0) is 12.4. The van der Waals surface area contributed by atoms with E-state index in [1.54, 1.807) is 13.0 Å². The lowest BCUT2D eigenvalue weighted by molar-refractivity contribution is 0.510. The van der Waals surface area contributed by atoms with E-state index >= 15 is 0 Å². The molecular weight excluding hydrogens is 312 g/mol. The highest BCUT2D eigenvalue weighted by Crippen LogP contribution is 2.27. The van der Waals surface area contributed by atoms with Gasteiger partial charge in [-0.1, -0.05) is 5.10 Å². The van der Waals surface area contributed by atoms with Crippen LogP contribution in [-0.4, -0.2) is 10.2 Å². The van der Waals surface area contributed by atoms with Crippen molar-refractivity contribution in [3.05, 3.63) is 34.4 Å². The monoisotopic (exact) mass is 319 g/mol. The van der Waals surface area contributed by atoms with Crippen LogP contribution in [0, 0.1) is 5.82 Å². The normalized spacial score (nSPS) is 12.5. The third-order valence-corrected chi connectivity index (χ3v) is 2.80. The van der Waals surface area contributed by atoms with Crippen molar-refractivity contribution in [2.45, 2.75) is 12.3 Å². The van der Waals surface area contributed by atoms with Crippen LogP contribution in [0.25, 0.3) is 0 Å². The molecule has 0 spiro atoms. The minimum Gasteiger partial charge on any atom is -0.406 e. The van der Waals surface area contributed by atoms with Gasteiger partial charge < -0.3 is 9.73 Å². The third-order valence-electron chi connectivity index (χ3n) is 1.95. The Morgan fingerprint density at radius 2 is 2.24 bits per heavy atom. The van der Waals surface area contributed by atoms with Crippen molar-refractivity contribution in [2.75, 3.05) is 5.32 Å². The maximum atomic E-state index is 12.9. The van der Waals surface area contributed by atoms with Crippen LogP contribution in [0.5, 0.6) is 0 Å². The fraction of sp³-hybridized carbons (Fsp3) is 0.200. The zero-order valence-electron chi connectivity index (χ0n) is 8.75. The minimum atomic E-state index is -0.352. The van der Waals surface area contributed by atoms with Gasteiger partial charge in [0.2, 0.25) is 5.89 Å². The molecule has 90 valence electrons. The molecule has 0 bridgehead atoms. The lowest BCUT2D eigenvalue weighted by Gasteiger charge is -2.03. The number of anilines is 2. The van der Waals surface area contributed by atoms with Crippen molar-refractivity contribution in [1.82, 2.24) is 10.2 Å². The average molecular weight is 321 g/mol. The second-order valence-corrected chi connectivity index (χ2v) is 4.82. The van der Waals surface area contributed by atoms with Gasteiger partial charge in [0.15, 0.2) is 0 Å². The smallest absolute Gasteiger partial charge is 0.320 e. The van der Waals surface area contributed by atoms with Crippen molar-refractivity contribution in [1.29, 1.82) is 0 Å². The van der Waals surface area contributed by atoms with Crippen molar-refractivity contribution in [3.63, 3.8) is 0 Å². The quantitative estimate of drug-likeness (QED) is 0.868. The van der Waals surface area contributed by atoms with Gasteiger partial charge in [0.05, 0.1) is 5.69 Å². The topological polar surface area (TPSA) is 51.0 Å². The maximum Gasteiger partial charge on any atom is 0.320 e. The van der Waals surface area contributed by atoms with Crippen LogP contribution in [0.3, 0.4) is 0 Å². The van der Waals surface area contributed by atoms with Crippen molar-refractivity contribution in [2.24, 2.45) is 0 Å². The summed E-state index contributed by atoms with van der Waals surface area (Å²) in [6.45, 7) is 1.73. The first-order valence-corrected chi connectivity index (χ1v) is 5.99. The molecule has 4 nitrogen and oxygen atoms in total. The summed E-state index contributed by atoms with van der Waals surface area (Å²) in [4.78, 5) is 0. The molecule has 0 saturated heterocycles. The van der Waals surface area contributed by atoms with E-state index in [0.717, 1.165) is 0 Å². The number of alkyl halides is 1. The van der Waals surface area contributed by atoms with E-state index in [0.29, 0.717) is 16.1 Å². The summed E-state index contributed by atoms with van der Waals surface area (Å²) in [5, 5.41) is 10.0. The van der Waals surface area contributed by atoms with E-state index in [4.69, 9.17) is 16.0 Å². The minimum absolute atomic E-state index is 0.208. The Morgan fingerprint density at radius 3 is 2.82 bits per heavy atom. The van der Waals surface area contributed by atoms with E-state index in [1.807, 2.05) is 0 Å². The first-order chi connectivity index (χ1) is 8.06. The van der Waals surface area contributed by atoms with Gasteiger partial charge in [-0.2, -0.15) is 0 Å². The highest BCUT2D eigenvalue weighted by molar-refractivity contribution is 9.10. The highest BCUT2D eigenvalue weighted by Gasteiger charge is 2.12. The number of nitrogens with one attached hydrogen (secondary N) is 1. The van der Waals surface area contributed by atoms with E-state index < -0.39 is 0 Å². The predicted octanol–water partition coefficient (Wildman–Crippen LogP) is 4.01. The van der Waals surface area contributed by atoms with Gasteiger partial charge in [0, 0.05) is 4.47 Å². The van der Waals surface area contributed by atoms with Crippen molar-refractivity contribution >= 4 is 39.2 Å². The third kappa shape index (κ3) is 2.95. The predicted molar refractivity (Wildman–Crippen MR) is 65.9 cm³/mol. The Bertz CT molecular complexity index is 532. The summed E-state index contributed by atoms with van der Waals surface area (Å²) in [7, 11) is 0. The maximum absolute atomic E-state index is 12.9. The number of halogens is 3. The number of aromatic nitrogens is 2. The molecule has 1 N–H and O–H groups in total. The molecule has 1 aromatic carbocycles. The molecule has 1 aromatic heterocycles. The first-order valence-electron chi connectivity index (χ1n) is 4.76. The van der Waals surface area contributed by atoms with Gasteiger partial charge in [-0.05, 0) is 41.1 Å². The van der Waals surface area contributed by atoms with Crippen LogP contribution >= 0.6 is 27.5 Å². The van der Waals surface area contributed by atoms with Gasteiger partial charge >= 0.3 is 6.01 Å². The molecule has 1 unspecified atom stereocenters. The van der Waals surface area contributed by atoms with Crippen molar-refractivity contribution < 1.29 is 8.81 Å². The van der Waals surface area contributed by atoms with E-state index in [9.17, 15) is 4.39 Å². The Morgan fingerprint density at radius 1 is 1.47 bits per heavy atom. The zero-order valence-corrected chi connectivity index (χ0v) is 11.1. The molecular formula is C10H8BrClFN3O. The molecule has 0 fully saturated rings. The Balaban J connectivity index is 2.19. The van der Waals surface area contributed by atoms with E-state index in [-0.39, 0.29) is 17.2 Å². The van der Waals surface area contributed by atoms with Crippen LogP contribution in [0.4, 0.5) is 16.1 Å². The van der Waals surface area contributed by atoms with Crippen LogP contribution < -0.4 is 5.32 Å². The second kappa shape index (κ2) is 5.01. The summed E-state index contributed by atoms with van der Waals surface area (Å²) in [6, 6.07) is 4.44. The van der Waals surface area contributed by atoms with Crippen LogP contribution in [0.1, 0.15) is 18.2 Å². The molecule has 0 amide bonds. The van der Waals surface area contributed by atoms with Gasteiger partial charge in [-0.25, -0.2) is 4.39 Å². The van der Waals surface area contributed by atoms with Crippen LogP contribution in [0.2, 0.25) is 0 Å². The number of hydrogen-bond acceptors (Lipinski definition) is 4. The Labute approximate surface area is 110 Å². The van der Waals surface area contributed by atoms with Gasteiger partial charge in [-0.15, -0.1) is 16.7 Å². The molecule has 17 heavy (non-hydrogen) atoms. The summed E-state index contributed by atoms with van der Waals surface area (Å²) >= 11 is 9.01. The molecule has 0 aliphatic rings.